The number of hydrogen-bond donors (Lipinski definition) is 3. The molecule has 1 aliphatic heterocycles. The smallest absolute Gasteiger partial charge is 0.227 e. The Bertz CT molecular complexity index is 1310. The van der Waals surface area contributed by atoms with Gasteiger partial charge in [-0.15, -0.1) is 0 Å². The number of carbonyl (C=O) groups excluding carboxylic acids is 1. The number of phenols is 1. The number of ether oxygens (including phenoxy) is 2. The first-order valence-electron chi connectivity index (χ1n) is 12.7. The molecule has 3 N–H and O–H groups in total. The van der Waals surface area contributed by atoms with E-state index in [9.17, 15) is 19.8 Å². The summed E-state index contributed by atoms with van der Waals surface area (Å²) in [4.78, 5) is 28.0. The van der Waals surface area contributed by atoms with Crippen molar-refractivity contribution < 1.29 is 28.9 Å². The summed E-state index contributed by atoms with van der Waals surface area (Å²) in [5, 5.41) is 23.7. The van der Waals surface area contributed by atoms with Gasteiger partial charge in [0.05, 0.1) is 26.2 Å². The topological polar surface area (TPSA) is 121 Å². The molecular formula is C29H34N2O7. The molecule has 0 unspecified atom stereocenters. The summed E-state index contributed by atoms with van der Waals surface area (Å²) in [6.45, 7) is 3.89. The zero-order chi connectivity index (χ0) is 27.2. The second-order valence-corrected chi connectivity index (χ2v) is 9.46. The lowest BCUT2D eigenvalue weighted by Crippen LogP contribution is -2.37. The first-order chi connectivity index (χ1) is 18.3. The Labute approximate surface area is 221 Å². The van der Waals surface area contributed by atoms with Crippen molar-refractivity contribution in [1.82, 2.24) is 10.2 Å². The third-order valence-corrected chi connectivity index (χ3v) is 6.96. The maximum atomic E-state index is 13.3. The number of nitrogens with one attached hydrogen (secondary N) is 1. The number of hydrogen-bond acceptors (Lipinski definition) is 8. The normalized spacial score (nSPS) is 15.1. The van der Waals surface area contributed by atoms with Gasteiger partial charge in [0, 0.05) is 19.0 Å². The minimum absolute atomic E-state index is 0.00937. The van der Waals surface area contributed by atoms with Crippen molar-refractivity contribution in [3.63, 3.8) is 0 Å². The Balaban J connectivity index is 1.59. The number of likely N-dealkylation sites (tertiary alicyclic amines) is 1. The molecule has 0 radical (unpaired) electrons. The predicted octanol–water partition coefficient (Wildman–Crippen LogP) is 3.85. The van der Waals surface area contributed by atoms with E-state index >= 15 is 0 Å². The molecule has 38 heavy (non-hydrogen) atoms. The Morgan fingerprint density at radius 3 is 2.37 bits per heavy atom. The van der Waals surface area contributed by atoms with Crippen LogP contribution in [0.4, 0.5) is 0 Å². The van der Waals surface area contributed by atoms with Crippen molar-refractivity contribution in [3.8, 4) is 23.0 Å². The van der Waals surface area contributed by atoms with E-state index < -0.39 is 17.1 Å². The molecule has 1 aliphatic rings. The van der Waals surface area contributed by atoms with Crippen molar-refractivity contribution in [2.45, 2.75) is 38.1 Å². The lowest BCUT2D eigenvalue weighted by molar-refractivity contribution is -0.121. The Kier molecular flexibility index (Phi) is 8.58. The summed E-state index contributed by atoms with van der Waals surface area (Å²) < 4.78 is 16.3. The third kappa shape index (κ3) is 6.11. The molecule has 1 saturated heterocycles. The van der Waals surface area contributed by atoms with Crippen LogP contribution in [0.25, 0.3) is 0 Å². The largest absolute Gasteiger partial charge is 0.504 e. The monoisotopic (exact) mass is 522 g/mol. The lowest BCUT2D eigenvalue weighted by atomic mass is 9.91. The zero-order valence-electron chi connectivity index (χ0n) is 21.9. The zero-order valence-corrected chi connectivity index (χ0v) is 21.9. The number of nitrogens with zero attached hydrogens (tertiary/aromatic N) is 1. The molecule has 202 valence electrons. The number of aromatic hydroxyl groups is 2. The quantitative estimate of drug-likeness (QED) is 0.367. The number of phenolic OH excluding ortho intramolecular Hbond substituents is 1. The van der Waals surface area contributed by atoms with Crippen molar-refractivity contribution >= 4 is 5.91 Å². The Morgan fingerprint density at radius 1 is 1.03 bits per heavy atom. The fourth-order valence-corrected chi connectivity index (χ4v) is 4.94. The molecule has 0 aliphatic carbocycles. The van der Waals surface area contributed by atoms with E-state index in [2.05, 4.69) is 10.2 Å². The van der Waals surface area contributed by atoms with Gasteiger partial charge in [-0.25, -0.2) is 0 Å². The molecule has 2 heterocycles. The highest BCUT2D eigenvalue weighted by Gasteiger charge is 2.28. The second-order valence-electron chi connectivity index (χ2n) is 9.46. The average Bonchev–Trinajstić information content (AvgIpc) is 3.45. The van der Waals surface area contributed by atoms with Gasteiger partial charge in [0.1, 0.15) is 11.5 Å². The van der Waals surface area contributed by atoms with E-state index in [0.29, 0.717) is 17.9 Å². The van der Waals surface area contributed by atoms with Crippen LogP contribution in [0, 0.1) is 6.92 Å². The third-order valence-electron chi connectivity index (χ3n) is 6.96. The molecule has 4 rings (SSSR count). The first kappa shape index (κ1) is 27.1. The maximum absolute atomic E-state index is 13.3. The molecule has 9 heteroatoms. The predicted molar refractivity (Wildman–Crippen MR) is 142 cm³/mol. The fourth-order valence-electron chi connectivity index (χ4n) is 4.94. The second kappa shape index (κ2) is 12.0. The number of methoxy groups -OCH3 is 2. The number of benzene rings is 2. The van der Waals surface area contributed by atoms with Crippen LogP contribution in [0.2, 0.25) is 0 Å². The maximum Gasteiger partial charge on any atom is 0.227 e. The molecule has 0 spiro atoms. The number of amides is 1. The summed E-state index contributed by atoms with van der Waals surface area (Å²) in [6, 6.07) is 13.7. The van der Waals surface area contributed by atoms with Gasteiger partial charge in [0.25, 0.3) is 0 Å². The van der Waals surface area contributed by atoms with Crippen LogP contribution in [0.15, 0.2) is 57.7 Å². The molecule has 2 aromatic carbocycles. The van der Waals surface area contributed by atoms with Gasteiger partial charge in [-0.2, -0.15) is 0 Å². The van der Waals surface area contributed by atoms with Crippen LogP contribution >= 0.6 is 0 Å². The molecule has 0 saturated carbocycles. The minimum atomic E-state index is -0.789. The van der Waals surface area contributed by atoms with Gasteiger partial charge in [-0.05, 0) is 68.2 Å². The van der Waals surface area contributed by atoms with Gasteiger partial charge in [-0.3, -0.25) is 14.5 Å². The van der Waals surface area contributed by atoms with E-state index in [4.69, 9.17) is 13.9 Å². The average molecular weight is 523 g/mol. The molecular weight excluding hydrogens is 488 g/mol. The number of carbonyl (C=O) groups is 1. The summed E-state index contributed by atoms with van der Waals surface area (Å²) in [5.74, 6) is -0.403. The lowest BCUT2D eigenvalue weighted by Gasteiger charge is -2.28. The van der Waals surface area contributed by atoms with Crippen molar-refractivity contribution in [1.29, 1.82) is 0 Å². The van der Waals surface area contributed by atoms with Gasteiger partial charge in [0.15, 0.2) is 17.3 Å². The van der Waals surface area contributed by atoms with Crippen LogP contribution in [0.5, 0.6) is 23.0 Å². The van der Waals surface area contributed by atoms with Crippen LogP contribution in [-0.2, 0) is 4.79 Å². The van der Waals surface area contributed by atoms with E-state index in [-0.39, 0.29) is 35.6 Å². The van der Waals surface area contributed by atoms with Crippen LogP contribution in [0.3, 0.4) is 0 Å². The Morgan fingerprint density at radius 2 is 1.71 bits per heavy atom. The van der Waals surface area contributed by atoms with Gasteiger partial charge >= 0.3 is 0 Å². The van der Waals surface area contributed by atoms with Crippen LogP contribution < -0.4 is 20.2 Å². The van der Waals surface area contributed by atoms with Gasteiger partial charge in [0.2, 0.25) is 17.1 Å². The molecule has 9 nitrogen and oxygen atoms in total. The standard InChI is InChI=1S/C29H34N2O7/c1-18-14-25(33)28(35)29(38-18)22(20-8-11-24(32)26(15-20)37-3)16-27(34)30-17-23(31-12-4-5-13-31)19-6-9-21(36-2)10-7-19/h6-11,14-15,22-23,32,35H,4-5,12-13,16-17H2,1-3H3,(H,30,34)/t22-,23-/m0/s1. The van der Waals surface area contributed by atoms with Crippen LogP contribution in [-0.4, -0.2) is 54.9 Å². The highest BCUT2D eigenvalue weighted by atomic mass is 16.5. The SMILES string of the molecule is COc1ccc([C@H](CNC(=O)C[C@@H](c2ccc(O)c(OC)c2)c2oc(C)cc(=O)c2O)N2CCCC2)cc1. The minimum Gasteiger partial charge on any atom is -0.504 e. The summed E-state index contributed by atoms with van der Waals surface area (Å²) in [7, 11) is 3.05. The van der Waals surface area contributed by atoms with Gasteiger partial charge in [-0.1, -0.05) is 18.2 Å². The molecule has 3 aromatic rings. The molecule has 1 aromatic heterocycles. The highest BCUT2D eigenvalue weighted by molar-refractivity contribution is 5.77. The van der Waals surface area contributed by atoms with Gasteiger partial charge < -0.3 is 29.4 Å². The van der Waals surface area contributed by atoms with E-state index in [1.807, 2.05) is 24.3 Å². The van der Waals surface area contributed by atoms with E-state index in [1.165, 1.54) is 19.2 Å². The van der Waals surface area contributed by atoms with Crippen molar-refractivity contribution in [2.24, 2.45) is 0 Å². The summed E-state index contributed by atoms with van der Waals surface area (Å²) in [5.41, 5.74) is 1.04. The number of rotatable bonds is 10. The molecule has 1 fully saturated rings. The fraction of sp³-hybridized carbons (Fsp3) is 0.379. The summed E-state index contributed by atoms with van der Waals surface area (Å²) in [6.07, 6.45) is 2.12. The summed E-state index contributed by atoms with van der Waals surface area (Å²) >= 11 is 0. The van der Waals surface area contributed by atoms with Crippen LogP contribution in [0.1, 0.15) is 53.9 Å². The van der Waals surface area contributed by atoms with Crippen molar-refractivity contribution in [3.05, 3.63) is 81.4 Å². The highest BCUT2D eigenvalue weighted by Crippen LogP contribution is 2.37. The molecule has 1 amide bonds. The number of aryl methyl sites for hydroxylation is 1. The Hall–Kier alpha value is -3.98. The van der Waals surface area contributed by atoms with E-state index in [0.717, 1.165) is 37.2 Å². The van der Waals surface area contributed by atoms with E-state index in [1.54, 1.807) is 26.2 Å². The van der Waals surface area contributed by atoms with Crippen molar-refractivity contribution in [2.75, 3.05) is 33.9 Å². The molecule has 2 atom stereocenters. The molecule has 0 bridgehead atoms. The first-order valence-corrected chi connectivity index (χ1v) is 12.7.